The summed E-state index contributed by atoms with van der Waals surface area (Å²) in [5.74, 6) is 2.07. The number of rotatable bonds is 6. The largest absolute Gasteiger partial charge is 0.486 e. The first kappa shape index (κ1) is 17.6. The summed E-state index contributed by atoms with van der Waals surface area (Å²) < 4.78 is 17.7. The maximum absolute atomic E-state index is 12.1. The Kier molecular flexibility index (Phi) is 5.81. The SMILES string of the molecule is C[C@@H](Oc1ccc(Br)cc1)C(=O)NCCc1ccc2c(c1)OCCO2. The zero-order chi connectivity index (χ0) is 17.6. The zero-order valence-corrected chi connectivity index (χ0v) is 15.5. The average Bonchev–Trinajstić information content (AvgIpc) is 2.63. The Bertz CT molecular complexity index is 733. The average molecular weight is 406 g/mol. The van der Waals surface area contributed by atoms with Gasteiger partial charge in [-0.2, -0.15) is 0 Å². The molecule has 0 aromatic heterocycles. The van der Waals surface area contributed by atoms with Gasteiger partial charge in [-0.05, 0) is 55.3 Å². The molecule has 1 aliphatic heterocycles. The number of fused-ring (bicyclic) bond motifs is 1. The highest BCUT2D eigenvalue weighted by atomic mass is 79.9. The lowest BCUT2D eigenvalue weighted by atomic mass is 10.1. The van der Waals surface area contributed by atoms with Gasteiger partial charge in [0, 0.05) is 11.0 Å². The molecular formula is C19H20BrNO4. The van der Waals surface area contributed by atoms with E-state index < -0.39 is 6.10 Å². The number of carbonyl (C=O) groups excluding carboxylic acids is 1. The van der Waals surface area contributed by atoms with Gasteiger partial charge in [0.15, 0.2) is 17.6 Å². The van der Waals surface area contributed by atoms with E-state index in [4.69, 9.17) is 14.2 Å². The molecule has 0 saturated heterocycles. The van der Waals surface area contributed by atoms with Crippen molar-refractivity contribution in [3.63, 3.8) is 0 Å². The summed E-state index contributed by atoms with van der Waals surface area (Å²) in [4.78, 5) is 12.1. The zero-order valence-electron chi connectivity index (χ0n) is 14.0. The van der Waals surface area contributed by atoms with E-state index in [0.29, 0.717) is 31.9 Å². The van der Waals surface area contributed by atoms with Crippen LogP contribution in [0.1, 0.15) is 12.5 Å². The third-order valence-corrected chi connectivity index (χ3v) is 4.34. The number of hydrogen-bond acceptors (Lipinski definition) is 4. The highest BCUT2D eigenvalue weighted by Crippen LogP contribution is 2.30. The van der Waals surface area contributed by atoms with Gasteiger partial charge in [-0.3, -0.25) is 4.79 Å². The first-order chi connectivity index (χ1) is 12.1. The molecular weight excluding hydrogens is 386 g/mol. The van der Waals surface area contributed by atoms with Crippen molar-refractivity contribution in [3.05, 3.63) is 52.5 Å². The molecule has 6 heteroatoms. The number of amides is 1. The van der Waals surface area contributed by atoms with Gasteiger partial charge in [-0.25, -0.2) is 0 Å². The fourth-order valence-electron chi connectivity index (χ4n) is 2.49. The maximum atomic E-state index is 12.1. The summed E-state index contributed by atoms with van der Waals surface area (Å²) in [5.41, 5.74) is 1.09. The monoisotopic (exact) mass is 405 g/mol. The Morgan fingerprint density at radius 1 is 1.16 bits per heavy atom. The second-order valence-corrected chi connectivity index (χ2v) is 6.65. The molecule has 0 radical (unpaired) electrons. The summed E-state index contributed by atoms with van der Waals surface area (Å²) in [6.07, 6.45) is 0.161. The Morgan fingerprint density at radius 3 is 2.64 bits per heavy atom. The van der Waals surface area contributed by atoms with Gasteiger partial charge in [0.05, 0.1) is 0 Å². The standard InChI is InChI=1S/C19H20BrNO4/c1-13(25-16-5-3-15(20)4-6-16)19(22)21-9-8-14-2-7-17-18(12-14)24-11-10-23-17/h2-7,12-13H,8-11H2,1H3,(H,21,22)/t13-/m1/s1. The predicted molar refractivity (Wildman–Crippen MR) is 98.4 cm³/mol. The summed E-state index contributed by atoms with van der Waals surface area (Å²) in [5, 5.41) is 2.90. The molecule has 3 rings (SSSR count). The molecule has 2 aromatic rings. The van der Waals surface area contributed by atoms with E-state index in [-0.39, 0.29) is 5.91 Å². The van der Waals surface area contributed by atoms with Crippen molar-refractivity contribution in [2.24, 2.45) is 0 Å². The minimum Gasteiger partial charge on any atom is -0.486 e. The van der Waals surface area contributed by atoms with Gasteiger partial charge in [-0.15, -0.1) is 0 Å². The molecule has 0 saturated carbocycles. The van der Waals surface area contributed by atoms with Crippen molar-refractivity contribution < 1.29 is 19.0 Å². The fraction of sp³-hybridized carbons (Fsp3) is 0.316. The first-order valence-electron chi connectivity index (χ1n) is 8.20. The van der Waals surface area contributed by atoms with Crippen LogP contribution in [0.3, 0.4) is 0 Å². The molecule has 1 heterocycles. The number of ether oxygens (including phenoxy) is 3. The third kappa shape index (κ3) is 4.89. The van der Waals surface area contributed by atoms with Crippen LogP contribution in [0.5, 0.6) is 17.2 Å². The van der Waals surface area contributed by atoms with Gasteiger partial charge in [0.1, 0.15) is 19.0 Å². The minimum absolute atomic E-state index is 0.138. The van der Waals surface area contributed by atoms with Gasteiger partial charge in [-0.1, -0.05) is 22.0 Å². The number of carbonyl (C=O) groups is 1. The summed E-state index contributed by atoms with van der Waals surface area (Å²) in [7, 11) is 0. The molecule has 25 heavy (non-hydrogen) atoms. The second-order valence-electron chi connectivity index (χ2n) is 5.73. The van der Waals surface area contributed by atoms with E-state index in [9.17, 15) is 4.79 Å². The number of benzene rings is 2. The lowest BCUT2D eigenvalue weighted by Crippen LogP contribution is -2.37. The Labute approximate surface area is 155 Å². The smallest absolute Gasteiger partial charge is 0.260 e. The van der Waals surface area contributed by atoms with Crippen LogP contribution >= 0.6 is 15.9 Å². The van der Waals surface area contributed by atoms with Gasteiger partial charge in [0.25, 0.3) is 5.91 Å². The molecule has 2 aromatic carbocycles. The van der Waals surface area contributed by atoms with E-state index in [2.05, 4.69) is 21.2 Å². The lowest BCUT2D eigenvalue weighted by molar-refractivity contribution is -0.127. The fourth-order valence-corrected chi connectivity index (χ4v) is 2.75. The van der Waals surface area contributed by atoms with Gasteiger partial charge in [0.2, 0.25) is 0 Å². The molecule has 0 spiro atoms. The molecule has 1 atom stereocenters. The summed E-state index contributed by atoms with van der Waals surface area (Å²) in [6, 6.07) is 13.3. The Hall–Kier alpha value is -2.21. The van der Waals surface area contributed by atoms with E-state index in [1.165, 1.54) is 0 Å². The van der Waals surface area contributed by atoms with Crippen LogP contribution in [-0.2, 0) is 11.2 Å². The number of nitrogens with one attached hydrogen (secondary N) is 1. The predicted octanol–water partition coefficient (Wildman–Crippen LogP) is 3.35. The molecule has 132 valence electrons. The molecule has 1 N–H and O–H groups in total. The van der Waals surface area contributed by atoms with Crippen LogP contribution in [0.25, 0.3) is 0 Å². The minimum atomic E-state index is -0.554. The van der Waals surface area contributed by atoms with Gasteiger partial charge >= 0.3 is 0 Å². The van der Waals surface area contributed by atoms with Crippen molar-refractivity contribution in [2.45, 2.75) is 19.4 Å². The molecule has 0 fully saturated rings. The van der Waals surface area contributed by atoms with Crippen LogP contribution in [0, 0.1) is 0 Å². The van der Waals surface area contributed by atoms with E-state index in [0.717, 1.165) is 21.5 Å². The van der Waals surface area contributed by atoms with E-state index >= 15 is 0 Å². The maximum Gasteiger partial charge on any atom is 0.260 e. The quantitative estimate of drug-likeness (QED) is 0.800. The molecule has 0 bridgehead atoms. The number of hydrogen-bond donors (Lipinski definition) is 1. The van der Waals surface area contributed by atoms with Crippen molar-refractivity contribution >= 4 is 21.8 Å². The first-order valence-corrected chi connectivity index (χ1v) is 8.99. The molecule has 1 amide bonds. The summed E-state index contributed by atoms with van der Waals surface area (Å²) >= 11 is 3.37. The number of halogens is 1. The van der Waals surface area contributed by atoms with Crippen molar-refractivity contribution in [3.8, 4) is 17.2 Å². The summed E-state index contributed by atoms with van der Waals surface area (Å²) in [6.45, 7) is 3.42. The van der Waals surface area contributed by atoms with Crippen LogP contribution in [0.15, 0.2) is 46.9 Å². The lowest BCUT2D eigenvalue weighted by Gasteiger charge is -2.19. The Balaban J connectivity index is 1.46. The van der Waals surface area contributed by atoms with Crippen molar-refractivity contribution in [1.82, 2.24) is 5.32 Å². The highest BCUT2D eigenvalue weighted by Gasteiger charge is 2.15. The third-order valence-electron chi connectivity index (χ3n) is 3.82. The van der Waals surface area contributed by atoms with E-state index in [1.54, 1.807) is 6.92 Å². The van der Waals surface area contributed by atoms with Crippen molar-refractivity contribution in [1.29, 1.82) is 0 Å². The second kappa shape index (κ2) is 8.25. The van der Waals surface area contributed by atoms with Crippen LogP contribution < -0.4 is 19.5 Å². The van der Waals surface area contributed by atoms with Crippen molar-refractivity contribution in [2.75, 3.05) is 19.8 Å². The molecule has 1 aliphatic rings. The highest BCUT2D eigenvalue weighted by molar-refractivity contribution is 9.10. The molecule has 0 aliphatic carbocycles. The normalized spacial score (nSPS) is 13.8. The van der Waals surface area contributed by atoms with Crippen LogP contribution in [0.4, 0.5) is 0 Å². The van der Waals surface area contributed by atoms with Crippen LogP contribution in [-0.4, -0.2) is 31.8 Å². The van der Waals surface area contributed by atoms with Gasteiger partial charge < -0.3 is 19.5 Å². The van der Waals surface area contributed by atoms with Crippen LogP contribution in [0.2, 0.25) is 0 Å². The Morgan fingerprint density at radius 2 is 1.88 bits per heavy atom. The van der Waals surface area contributed by atoms with E-state index in [1.807, 2.05) is 42.5 Å². The molecule has 5 nitrogen and oxygen atoms in total. The molecule has 0 unspecified atom stereocenters. The topological polar surface area (TPSA) is 56.8 Å².